The number of anilines is 1. The number of nitrogens with zero attached hydrogens (tertiary/aromatic N) is 1. The monoisotopic (exact) mass is 414 g/mol. The number of ether oxygens (including phenoxy) is 1. The van der Waals surface area contributed by atoms with Crippen LogP contribution in [0.25, 0.3) is 6.08 Å². The van der Waals surface area contributed by atoms with Crippen molar-refractivity contribution in [3.8, 4) is 5.75 Å². The van der Waals surface area contributed by atoms with Gasteiger partial charge in [0.05, 0.1) is 10.7 Å². The maximum atomic E-state index is 14.2. The number of rotatable bonds is 4. The van der Waals surface area contributed by atoms with Crippen molar-refractivity contribution < 1.29 is 18.7 Å². The van der Waals surface area contributed by atoms with Crippen molar-refractivity contribution in [1.29, 1.82) is 0 Å². The molecule has 0 atom stereocenters. The molecule has 0 aromatic heterocycles. The maximum Gasteiger partial charge on any atom is 0.294 e. The molecule has 1 fully saturated rings. The van der Waals surface area contributed by atoms with E-state index in [9.17, 15) is 14.0 Å². The van der Waals surface area contributed by atoms with Crippen LogP contribution in [0.1, 0.15) is 31.2 Å². The summed E-state index contributed by atoms with van der Waals surface area (Å²) in [6, 6.07) is 11.4. The first-order chi connectivity index (χ1) is 14.0. The molecule has 0 unspecified atom stereocenters. The number of hydrogen-bond acceptors (Lipinski definition) is 3. The third-order valence-electron chi connectivity index (χ3n) is 5.13. The number of nitrogens with one attached hydrogen (secondary N) is 1. The van der Waals surface area contributed by atoms with Crippen LogP contribution in [0, 0.1) is 5.82 Å². The zero-order valence-electron chi connectivity index (χ0n) is 15.7. The molecule has 2 aromatic carbocycles. The van der Waals surface area contributed by atoms with Gasteiger partial charge in [0.15, 0.2) is 11.5 Å². The third kappa shape index (κ3) is 4.12. The van der Waals surface area contributed by atoms with Gasteiger partial charge in [-0.15, -0.1) is 0 Å². The van der Waals surface area contributed by atoms with E-state index in [0.29, 0.717) is 11.4 Å². The van der Waals surface area contributed by atoms with E-state index >= 15 is 0 Å². The fraction of sp³-hybridized carbons (Fsp3) is 0.273. The van der Waals surface area contributed by atoms with Crippen LogP contribution >= 0.6 is 11.6 Å². The summed E-state index contributed by atoms with van der Waals surface area (Å²) in [5.41, 5.74) is 0.558. The van der Waals surface area contributed by atoms with Gasteiger partial charge < -0.3 is 10.1 Å². The van der Waals surface area contributed by atoms with Gasteiger partial charge in [-0.05, 0) is 43.2 Å². The number of carbonyl (C=O) groups is 2. The van der Waals surface area contributed by atoms with Gasteiger partial charge in [0.25, 0.3) is 5.91 Å². The topological polar surface area (TPSA) is 58.6 Å². The van der Waals surface area contributed by atoms with Crippen LogP contribution in [-0.2, 0) is 9.59 Å². The number of carbonyl (C=O) groups excluding carboxylic acids is 2. The Morgan fingerprint density at radius 1 is 1.21 bits per heavy atom. The molecular weight excluding hydrogens is 395 g/mol. The smallest absolute Gasteiger partial charge is 0.294 e. The third-order valence-corrected chi connectivity index (χ3v) is 5.46. The first-order valence-electron chi connectivity index (χ1n) is 9.57. The highest BCUT2D eigenvalue weighted by Gasteiger charge is 2.32. The van der Waals surface area contributed by atoms with Crippen molar-refractivity contribution in [1.82, 2.24) is 5.32 Å². The lowest BCUT2D eigenvalue weighted by Gasteiger charge is -2.30. The normalized spacial score (nSPS) is 17.9. The van der Waals surface area contributed by atoms with E-state index in [2.05, 4.69) is 5.32 Å². The molecule has 5 nitrogen and oxygen atoms in total. The van der Waals surface area contributed by atoms with Crippen molar-refractivity contribution in [3.63, 3.8) is 0 Å². The van der Waals surface area contributed by atoms with E-state index < -0.39 is 11.7 Å². The quantitative estimate of drug-likeness (QED) is 0.758. The second-order valence-corrected chi connectivity index (χ2v) is 7.56. The van der Waals surface area contributed by atoms with E-state index in [1.54, 1.807) is 24.3 Å². The van der Waals surface area contributed by atoms with Crippen LogP contribution in [0.15, 0.2) is 48.2 Å². The van der Waals surface area contributed by atoms with Crippen molar-refractivity contribution in [2.24, 2.45) is 0 Å². The summed E-state index contributed by atoms with van der Waals surface area (Å²) in [7, 11) is 0. The average Bonchev–Trinajstić information content (AvgIpc) is 3.20. The number of fused-ring (bicyclic) bond motifs is 1. The molecule has 7 heteroatoms. The molecule has 1 aliphatic carbocycles. The van der Waals surface area contributed by atoms with Gasteiger partial charge in [0.2, 0.25) is 5.91 Å². The molecule has 0 spiro atoms. The average molecular weight is 415 g/mol. The zero-order chi connectivity index (χ0) is 20.4. The van der Waals surface area contributed by atoms with E-state index in [0.717, 1.165) is 25.7 Å². The lowest BCUT2D eigenvalue weighted by atomic mass is 10.1. The number of para-hydroxylation sites is 2. The Morgan fingerprint density at radius 2 is 1.97 bits per heavy atom. The van der Waals surface area contributed by atoms with Crippen LogP contribution in [0.3, 0.4) is 0 Å². The van der Waals surface area contributed by atoms with Crippen molar-refractivity contribution in [2.45, 2.75) is 31.7 Å². The highest BCUT2D eigenvalue weighted by molar-refractivity contribution is 6.32. The summed E-state index contributed by atoms with van der Waals surface area (Å²) in [4.78, 5) is 27.0. The summed E-state index contributed by atoms with van der Waals surface area (Å²) in [5, 5.41) is 3.15. The lowest BCUT2D eigenvalue weighted by Crippen LogP contribution is -2.46. The van der Waals surface area contributed by atoms with Gasteiger partial charge in [0.1, 0.15) is 12.4 Å². The largest absolute Gasteiger partial charge is 0.449 e. The number of halogens is 2. The molecular formula is C22H20ClFN2O3. The van der Waals surface area contributed by atoms with E-state index in [1.165, 1.54) is 29.2 Å². The number of amides is 2. The Kier molecular flexibility index (Phi) is 5.53. The summed E-state index contributed by atoms with van der Waals surface area (Å²) < 4.78 is 19.9. The number of hydrogen-bond donors (Lipinski definition) is 1. The van der Waals surface area contributed by atoms with Crippen molar-refractivity contribution in [3.05, 3.63) is 64.6 Å². The molecule has 1 saturated carbocycles. The molecule has 0 bridgehead atoms. The van der Waals surface area contributed by atoms with Gasteiger partial charge in [-0.1, -0.05) is 42.6 Å². The minimum absolute atomic E-state index is 0.0623. The molecule has 150 valence electrons. The van der Waals surface area contributed by atoms with Gasteiger partial charge in [-0.2, -0.15) is 0 Å². The second kappa shape index (κ2) is 8.25. The molecule has 1 N–H and O–H groups in total. The van der Waals surface area contributed by atoms with Gasteiger partial charge in [-0.3, -0.25) is 14.5 Å². The molecule has 2 amide bonds. The highest BCUT2D eigenvalue weighted by atomic mass is 35.5. The Hall–Kier alpha value is -2.86. The molecule has 29 heavy (non-hydrogen) atoms. The molecule has 2 aliphatic rings. The standard InChI is InChI=1S/C22H20ClFN2O3/c23-16-8-5-9-17(24)15(16)12-20-22(28)26(18-10-3-4-11-19(18)29-20)13-21(27)25-14-6-1-2-7-14/h3-5,8-12,14H,1-2,6-7,13H2,(H,25,27)/b20-12-. The van der Waals surface area contributed by atoms with Crippen molar-refractivity contribution >= 4 is 35.2 Å². The first-order valence-corrected chi connectivity index (χ1v) is 9.94. The maximum absolute atomic E-state index is 14.2. The van der Waals surface area contributed by atoms with Gasteiger partial charge in [-0.25, -0.2) is 4.39 Å². The predicted molar refractivity (Wildman–Crippen MR) is 109 cm³/mol. The van der Waals surface area contributed by atoms with Crippen molar-refractivity contribution in [2.75, 3.05) is 11.4 Å². The van der Waals surface area contributed by atoms with E-state index in [1.807, 2.05) is 0 Å². The molecule has 0 radical (unpaired) electrons. The van der Waals surface area contributed by atoms with Crippen LogP contribution < -0.4 is 15.0 Å². The summed E-state index contributed by atoms with van der Waals surface area (Å²) in [6.07, 6.45) is 5.38. The highest BCUT2D eigenvalue weighted by Crippen LogP contribution is 2.36. The Morgan fingerprint density at radius 3 is 2.72 bits per heavy atom. The molecule has 0 saturated heterocycles. The van der Waals surface area contributed by atoms with Crippen LogP contribution in [-0.4, -0.2) is 24.4 Å². The summed E-state index contributed by atoms with van der Waals surface area (Å²) in [5.74, 6) is -0.996. The minimum atomic E-state index is -0.564. The van der Waals surface area contributed by atoms with E-state index in [4.69, 9.17) is 16.3 Å². The fourth-order valence-corrected chi connectivity index (χ4v) is 3.90. The molecule has 1 aliphatic heterocycles. The molecule has 4 rings (SSSR count). The Balaban J connectivity index is 1.64. The molecule has 1 heterocycles. The minimum Gasteiger partial charge on any atom is -0.449 e. The summed E-state index contributed by atoms with van der Waals surface area (Å²) >= 11 is 6.08. The van der Waals surface area contributed by atoms with Gasteiger partial charge in [0, 0.05) is 11.6 Å². The fourth-order valence-electron chi connectivity index (χ4n) is 3.69. The SMILES string of the molecule is O=C(CN1C(=O)/C(=C/c2c(F)cccc2Cl)Oc2ccccc21)NC1CCCC1. The van der Waals surface area contributed by atoms with Crippen LogP contribution in [0.5, 0.6) is 5.75 Å². The molecule has 2 aromatic rings. The number of benzene rings is 2. The van der Waals surface area contributed by atoms with Crippen LogP contribution in [0.2, 0.25) is 5.02 Å². The predicted octanol–water partition coefficient (Wildman–Crippen LogP) is 4.30. The van der Waals surface area contributed by atoms with Crippen LogP contribution in [0.4, 0.5) is 10.1 Å². The van der Waals surface area contributed by atoms with E-state index in [-0.39, 0.29) is 34.8 Å². The Labute approximate surface area is 173 Å². The first kappa shape index (κ1) is 19.5. The lowest BCUT2D eigenvalue weighted by molar-refractivity contribution is -0.123. The Bertz CT molecular complexity index is 966. The summed E-state index contributed by atoms with van der Waals surface area (Å²) in [6.45, 7) is -0.141. The van der Waals surface area contributed by atoms with Gasteiger partial charge >= 0.3 is 0 Å². The second-order valence-electron chi connectivity index (χ2n) is 7.15. The zero-order valence-corrected chi connectivity index (χ0v) is 16.4.